The van der Waals surface area contributed by atoms with Gasteiger partial charge in [-0.1, -0.05) is 44.4 Å². The summed E-state index contributed by atoms with van der Waals surface area (Å²) in [7, 11) is 0. The van der Waals surface area contributed by atoms with E-state index in [0.29, 0.717) is 17.5 Å². The molecule has 0 aliphatic rings. The molecule has 0 saturated heterocycles. The molecule has 0 radical (unpaired) electrons. The van der Waals surface area contributed by atoms with E-state index in [1.54, 1.807) is 45.0 Å². The topological polar surface area (TPSA) is 87.7 Å². The van der Waals surface area contributed by atoms with Crippen LogP contribution < -0.4 is 10.6 Å². The van der Waals surface area contributed by atoms with E-state index in [9.17, 15) is 14.4 Å². The Morgan fingerprint density at radius 2 is 1.77 bits per heavy atom. The normalized spacial score (nSPS) is 14.6. The van der Waals surface area contributed by atoms with Gasteiger partial charge in [0.15, 0.2) is 0 Å². The maximum absolute atomic E-state index is 13.9. The summed E-state index contributed by atoms with van der Waals surface area (Å²) in [5, 5.41) is 5.66. The van der Waals surface area contributed by atoms with Crippen molar-refractivity contribution in [3.8, 4) is 12.3 Å². The molecule has 194 valence electrons. The zero-order valence-corrected chi connectivity index (χ0v) is 22.9. The molecule has 0 saturated carbocycles. The quantitative estimate of drug-likeness (QED) is 0.307. The minimum Gasteiger partial charge on any atom is -0.444 e. The van der Waals surface area contributed by atoms with Gasteiger partial charge in [-0.25, -0.2) is 4.79 Å². The van der Waals surface area contributed by atoms with Crippen LogP contribution in [0.2, 0.25) is 0 Å². The lowest BCUT2D eigenvalue weighted by Crippen LogP contribution is -2.56. The van der Waals surface area contributed by atoms with E-state index in [4.69, 9.17) is 11.2 Å². The number of carbonyl (C=O) groups excluding carboxylic acids is 3. The molecule has 1 aromatic rings. The highest BCUT2D eigenvalue weighted by Gasteiger charge is 2.39. The van der Waals surface area contributed by atoms with Crippen LogP contribution in [0.1, 0.15) is 84.9 Å². The van der Waals surface area contributed by atoms with Crippen LogP contribution >= 0.6 is 12.6 Å². The average Bonchev–Trinajstić information content (AvgIpc) is 2.78. The van der Waals surface area contributed by atoms with Crippen LogP contribution in [0.3, 0.4) is 0 Å². The first-order valence-corrected chi connectivity index (χ1v) is 12.8. The second-order valence-electron chi connectivity index (χ2n) is 9.72. The van der Waals surface area contributed by atoms with Crippen molar-refractivity contribution >= 4 is 30.5 Å². The van der Waals surface area contributed by atoms with Crippen molar-refractivity contribution in [1.29, 1.82) is 0 Å². The van der Waals surface area contributed by atoms with Gasteiger partial charge in [0.25, 0.3) is 0 Å². The fourth-order valence-electron chi connectivity index (χ4n) is 3.72. The molecule has 7 nitrogen and oxygen atoms in total. The molecule has 0 bridgehead atoms. The van der Waals surface area contributed by atoms with Crippen molar-refractivity contribution in [2.45, 2.75) is 97.5 Å². The molecule has 3 amide bonds. The van der Waals surface area contributed by atoms with Crippen LogP contribution in [-0.4, -0.2) is 52.3 Å². The summed E-state index contributed by atoms with van der Waals surface area (Å²) in [6.07, 6.45) is 7.33. The van der Waals surface area contributed by atoms with Gasteiger partial charge >= 0.3 is 6.09 Å². The minimum atomic E-state index is -0.997. The van der Waals surface area contributed by atoms with Crippen molar-refractivity contribution < 1.29 is 19.1 Å². The van der Waals surface area contributed by atoms with E-state index in [0.717, 1.165) is 12.8 Å². The zero-order valence-electron chi connectivity index (χ0n) is 22.1. The maximum Gasteiger partial charge on any atom is 0.408 e. The van der Waals surface area contributed by atoms with E-state index in [-0.39, 0.29) is 23.7 Å². The predicted octanol–water partition coefficient (Wildman–Crippen LogP) is 4.46. The third kappa shape index (κ3) is 9.14. The number of hydrogen-bond donors (Lipinski definition) is 3. The molecule has 0 aliphatic carbocycles. The molecule has 0 fully saturated rings. The zero-order chi connectivity index (χ0) is 26.8. The highest BCUT2D eigenvalue weighted by atomic mass is 32.1. The SMILES string of the molecule is C#Cc1ccccc1C(C(=O)NC(C)CCC)N(C(=O)C(CS)NC(=O)OC(C)(C)C)C(C)CC. The molecule has 8 heteroatoms. The number of benzene rings is 1. The summed E-state index contributed by atoms with van der Waals surface area (Å²) in [5.74, 6) is 1.91. The first-order chi connectivity index (χ1) is 16.4. The van der Waals surface area contributed by atoms with Crippen LogP contribution in [0.25, 0.3) is 0 Å². The second-order valence-corrected chi connectivity index (χ2v) is 10.1. The van der Waals surface area contributed by atoms with Gasteiger partial charge in [0.2, 0.25) is 11.8 Å². The fraction of sp³-hybridized carbons (Fsp3) is 0.593. The summed E-state index contributed by atoms with van der Waals surface area (Å²) in [4.78, 5) is 41.5. The van der Waals surface area contributed by atoms with Gasteiger partial charge in [0.1, 0.15) is 17.7 Å². The second kappa shape index (κ2) is 14.0. The van der Waals surface area contributed by atoms with Crippen LogP contribution in [0.5, 0.6) is 0 Å². The highest BCUT2D eigenvalue weighted by Crippen LogP contribution is 2.29. The number of rotatable bonds is 11. The lowest BCUT2D eigenvalue weighted by atomic mass is 9.95. The number of terminal acetylenes is 1. The van der Waals surface area contributed by atoms with Gasteiger partial charge in [-0.15, -0.1) is 6.42 Å². The molecule has 1 aromatic carbocycles. The number of alkyl carbamates (subject to hydrolysis) is 1. The summed E-state index contributed by atoms with van der Waals surface area (Å²) < 4.78 is 5.33. The number of ether oxygens (including phenoxy) is 1. The van der Waals surface area contributed by atoms with Gasteiger partial charge in [0.05, 0.1) is 0 Å². The van der Waals surface area contributed by atoms with Crippen molar-refractivity contribution in [2.75, 3.05) is 5.75 Å². The third-order valence-corrected chi connectivity index (χ3v) is 5.90. The molecule has 35 heavy (non-hydrogen) atoms. The van der Waals surface area contributed by atoms with E-state index < -0.39 is 29.7 Å². The Kier molecular flexibility index (Phi) is 12.2. The average molecular weight is 504 g/mol. The van der Waals surface area contributed by atoms with Crippen LogP contribution in [0.15, 0.2) is 24.3 Å². The van der Waals surface area contributed by atoms with Crippen molar-refractivity contribution in [1.82, 2.24) is 15.5 Å². The summed E-state index contributed by atoms with van der Waals surface area (Å²) in [5.41, 5.74) is 0.355. The van der Waals surface area contributed by atoms with Crippen LogP contribution in [0.4, 0.5) is 4.79 Å². The molecule has 4 atom stereocenters. The number of thiol groups is 1. The van der Waals surface area contributed by atoms with Crippen LogP contribution in [0, 0.1) is 12.3 Å². The number of nitrogens with one attached hydrogen (secondary N) is 2. The molecular weight excluding hydrogens is 462 g/mol. The first kappa shape index (κ1) is 30.4. The van der Waals surface area contributed by atoms with Crippen molar-refractivity contribution in [3.05, 3.63) is 35.4 Å². The summed E-state index contributed by atoms with van der Waals surface area (Å²) in [6, 6.07) is 4.72. The molecule has 0 heterocycles. The predicted molar refractivity (Wildman–Crippen MR) is 143 cm³/mol. The van der Waals surface area contributed by atoms with Gasteiger partial charge in [-0.2, -0.15) is 12.6 Å². The standard InChI is InChI=1S/C27H41N3O4S/c1-9-14-18(4)28-24(31)23(21-16-13-12-15-20(21)11-3)30(19(5)10-2)25(32)22(17-35)29-26(33)34-27(6,7)8/h3,12-13,15-16,18-19,22-23,35H,9-10,14,17H2,1-2,4-8H3,(H,28,31)(H,29,33). The number of nitrogens with zero attached hydrogens (tertiary/aromatic N) is 1. The molecule has 0 aromatic heterocycles. The Hall–Kier alpha value is -2.66. The lowest BCUT2D eigenvalue weighted by molar-refractivity contribution is -0.144. The Morgan fingerprint density at radius 3 is 2.29 bits per heavy atom. The Labute approximate surface area is 216 Å². The van der Waals surface area contributed by atoms with E-state index in [1.807, 2.05) is 27.7 Å². The molecule has 0 aliphatic heterocycles. The third-order valence-electron chi connectivity index (χ3n) is 5.54. The summed E-state index contributed by atoms with van der Waals surface area (Å²) >= 11 is 4.31. The molecule has 4 unspecified atom stereocenters. The van der Waals surface area contributed by atoms with Crippen LogP contribution in [-0.2, 0) is 14.3 Å². The Morgan fingerprint density at radius 1 is 1.14 bits per heavy atom. The summed E-state index contributed by atoms with van der Waals surface area (Å²) in [6.45, 7) is 13.0. The Bertz CT molecular complexity index is 906. The van der Waals surface area contributed by atoms with E-state index >= 15 is 0 Å². The molecule has 1 rings (SSSR count). The molecule has 2 N–H and O–H groups in total. The number of hydrogen-bond acceptors (Lipinski definition) is 5. The Balaban J connectivity index is 3.53. The van der Waals surface area contributed by atoms with Gasteiger partial charge in [-0.3, -0.25) is 9.59 Å². The largest absolute Gasteiger partial charge is 0.444 e. The smallest absolute Gasteiger partial charge is 0.408 e. The maximum atomic E-state index is 13.9. The lowest BCUT2D eigenvalue weighted by Gasteiger charge is -2.38. The molecule has 0 spiro atoms. The monoisotopic (exact) mass is 503 g/mol. The molecular formula is C27H41N3O4S. The van der Waals surface area contributed by atoms with E-state index in [2.05, 4.69) is 29.2 Å². The fourth-order valence-corrected chi connectivity index (χ4v) is 3.97. The minimum absolute atomic E-state index is 0.0301. The first-order valence-electron chi connectivity index (χ1n) is 12.2. The van der Waals surface area contributed by atoms with Gasteiger partial charge < -0.3 is 20.3 Å². The highest BCUT2D eigenvalue weighted by molar-refractivity contribution is 7.80. The number of amides is 3. The number of carbonyl (C=O) groups is 3. The van der Waals surface area contributed by atoms with E-state index in [1.165, 1.54) is 4.90 Å². The van der Waals surface area contributed by atoms with Gasteiger partial charge in [-0.05, 0) is 59.1 Å². The van der Waals surface area contributed by atoms with Crippen molar-refractivity contribution in [3.63, 3.8) is 0 Å². The van der Waals surface area contributed by atoms with Gasteiger partial charge in [0, 0.05) is 23.4 Å². The van der Waals surface area contributed by atoms with Crippen molar-refractivity contribution in [2.24, 2.45) is 0 Å².